The lowest BCUT2D eigenvalue weighted by Gasteiger charge is -2.27. The molecule has 1 atom stereocenters. The van der Waals surface area contributed by atoms with Crippen LogP contribution in [0.25, 0.3) is 0 Å². The SMILES string of the molecule is CC(C)Oc1cc(N(CC2CC2)CC2CCCN2)ncn1. The van der Waals surface area contributed by atoms with Crippen LogP contribution >= 0.6 is 0 Å². The fourth-order valence-electron chi connectivity index (χ4n) is 2.86. The molecule has 0 bridgehead atoms. The molecular weight excluding hydrogens is 264 g/mol. The molecule has 3 rings (SSSR count). The van der Waals surface area contributed by atoms with Gasteiger partial charge in [-0.1, -0.05) is 0 Å². The van der Waals surface area contributed by atoms with E-state index in [-0.39, 0.29) is 6.10 Å². The summed E-state index contributed by atoms with van der Waals surface area (Å²) in [5, 5.41) is 3.58. The lowest BCUT2D eigenvalue weighted by atomic mass is 10.2. The Bertz CT molecular complexity index is 455. The Hall–Kier alpha value is -1.36. The van der Waals surface area contributed by atoms with Gasteiger partial charge in [-0.3, -0.25) is 0 Å². The smallest absolute Gasteiger partial charge is 0.218 e. The Morgan fingerprint density at radius 3 is 2.81 bits per heavy atom. The van der Waals surface area contributed by atoms with E-state index in [1.54, 1.807) is 6.33 Å². The molecule has 1 aliphatic heterocycles. The number of aromatic nitrogens is 2. The van der Waals surface area contributed by atoms with E-state index in [0.29, 0.717) is 11.9 Å². The Kier molecular flexibility index (Phi) is 4.58. The Labute approximate surface area is 127 Å². The van der Waals surface area contributed by atoms with Crippen LogP contribution in [0.1, 0.15) is 39.5 Å². The minimum atomic E-state index is 0.140. The summed E-state index contributed by atoms with van der Waals surface area (Å²) in [5.41, 5.74) is 0. The van der Waals surface area contributed by atoms with E-state index in [2.05, 4.69) is 20.2 Å². The first-order valence-corrected chi connectivity index (χ1v) is 8.18. The zero-order chi connectivity index (χ0) is 14.7. The highest BCUT2D eigenvalue weighted by Crippen LogP contribution is 2.31. The van der Waals surface area contributed by atoms with E-state index in [9.17, 15) is 0 Å². The quantitative estimate of drug-likeness (QED) is 0.834. The van der Waals surface area contributed by atoms with Gasteiger partial charge < -0.3 is 15.0 Å². The third-order valence-electron chi connectivity index (χ3n) is 4.09. The maximum absolute atomic E-state index is 5.70. The van der Waals surface area contributed by atoms with Gasteiger partial charge in [0.25, 0.3) is 0 Å². The van der Waals surface area contributed by atoms with Crippen LogP contribution in [0.5, 0.6) is 5.88 Å². The van der Waals surface area contributed by atoms with Gasteiger partial charge in [-0.15, -0.1) is 0 Å². The maximum Gasteiger partial charge on any atom is 0.218 e. The van der Waals surface area contributed by atoms with E-state index >= 15 is 0 Å². The van der Waals surface area contributed by atoms with Crippen molar-refractivity contribution < 1.29 is 4.74 Å². The van der Waals surface area contributed by atoms with Gasteiger partial charge in [0.1, 0.15) is 12.1 Å². The van der Waals surface area contributed by atoms with Crippen molar-refractivity contribution in [1.82, 2.24) is 15.3 Å². The predicted octanol–water partition coefficient (Wildman–Crippen LogP) is 2.23. The van der Waals surface area contributed by atoms with Gasteiger partial charge in [-0.2, -0.15) is 0 Å². The van der Waals surface area contributed by atoms with Crippen molar-refractivity contribution in [2.75, 3.05) is 24.5 Å². The molecule has 1 aromatic rings. The predicted molar refractivity (Wildman–Crippen MR) is 83.8 cm³/mol. The van der Waals surface area contributed by atoms with Crippen LogP contribution in [-0.4, -0.2) is 41.7 Å². The number of nitrogens with zero attached hydrogens (tertiary/aromatic N) is 3. The van der Waals surface area contributed by atoms with E-state index in [1.807, 2.05) is 19.9 Å². The number of hydrogen-bond acceptors (Lipinski definition) is 5. The molecule has 2 heterocycles. The standard InChI is InChI=1S/C16H26N4O/c1-12(2)21-16-8-15(18-11-19-16)20(9-13-5-6-13)10-14-4-3-7-17-14/h8,11-14,17H,3-7,9-10H2,1-2H3. The minimum Gasteiger partial charge on any atom is -0.475 e. The summed E-state index contributed by atoms with van der Waals surface area (Å²) in [6, 6.07) is 2.57. The first-order chi connectivity index (χ1) is 10.2. The molecule has 1 aromatic heterocycles. The van der Waals surface area contributed by atoms with Gasteiger partial charge in [0, 0.05) is 25.2 Å². The van der Waals surface area contributed by atoms with Crippen molar-refractivity contribution in [3.05, 3.63) is 12.4 Å². The third-order valence-corrected chi connectivity index (χ3v) is 4.09. The zero-order valence-electron chi connectivity index (χ0n) is 13.1. The molecule has 0 amide bonds. The van der Waals surface area contributed by atoms with Crippen LogP contribution in [0, 0.1) is 5.92 Å². The van der Waals surface area contributed by atoms with Crippen molar-refractivity contribution in [2.45, 2.75) is 51.7 Å². The van der Waals surface area contributed by atoms with Crippen LogP contribution < -0.4 is 15.0 Å². The summed E-state index contributed by atoms with van der Waals surface area (Å²) < 4.78 is 5.70. The molecule has 0 radical (unpaired) electrons. The zero-order valence-corrected chi connectivity index (χ0v) is 13.1. The lowest BCUT2D eigenvalue weighted by molar-refractivity contribution is 0.232. The van der Waals surface area contributed by atoms with Crippen molar-refractivity contribution in [1.29, 1.82) is 0 Å². The van der Waals surface area contributed by atoms with Crippen molar-refractivity contribution >= 4 is 5.82 Å². The van der Waals surface area contributed by atoms with Crippen molar-refractivity contribution in [3.63, 3.8) is 0 Å². The fraction of sp³-hybridized carbons (Fsp3) is 0.750. The third kappa shape index (κ3) is 4.30. The second-order valence-electron chi connectivity index (χ2n) is 6.52. The first kappa shape index (κ1) is 14.6. The van der Waals surface area contributed by atoms with Gasteiger partial charge in [-0.05, 0) is 52.0 Å². The van der Waals surface area contributed by atoms with Crippen LogP contribution in [0.4, 0.5) is 5.82 Å². The van der Waals surface area contributed by atoms with Crippen LogP contribution in [0.15, 0.2) is 12.4 Å². The molecule has 5 heteroatoms. The molecule has 1 aliphatic carbocycles. The number of ether oxygens (including phenoxy) is 1. The molecule has 0 spiro atoms. The van der Waals surface area contributed by atoms with Crippen molar-refractivity contribution in [3.8, 4) is 5.88 Å². The van der Waals surface area contributed by atoms with E-state index < -0.39 is 0 Å². The Morgan fingerprint density at radius 2 is 2.14 bits per heavy atom. The number of hydrogen-bond donors (Lipinski definition) is 1. The molecule has 5 nitrogen and oxygen atoms in total. The summed E-state index contributed by atoms with van der Waals surface area (Å²) in [5.74, 6) is 2.52. The summed E-state index contributed by atoms with van der Waals surface area (Å²) in [6.45, 7) is 7.33. The first-order valence-electron chi connectivity index (χ1n) is 8.18. The van der Waals surface area contributed by atoms with Gasteiger partial charge >= 0.3 is 0 Å². The van der Waals surface area contributed by atoms with Crippen LogP contribution in [0.3, 0.4) is 0 Å². The highest BCUT2D eigenvalue weighted by Gasteiger charge is 2.27. The highest BCUT2D eigenvalue weighted by atomic mass is 16.5. The second kappa shape index (κ2) is 6.60. The molecule has 1 saturated carbocycles. The summed E-state index contributed by atoms with van der Waals surface area (Å²) >= 11 is 0. The monoisotopic (exact) mass is 290 g/mol. The molecule has 1 N–H and O–H groups in total. The molecule has 2 fully saturated rings. The maximum atomic E-state index is 5.70. The number of anilines is 1. The molecule has 0 aromatic carbocycles. The largest absolute Gasteiger partial charge is 0.475 e. The highest BCUT2D eigenvalue weighted by molar-refractivity contribution is 5.41. The van der Waals surface area contributed by atoms with E-state index in [0.717, 1.165) is 31.4 Å². The fourth-order valence-corrected chi connectivity index (χ4v) is 2.86. The normalized spacial score (nSPS) is 21.8. The van der Waals surface area contributed by atoms with Crippen LogP contribution in [-0.2, 0) is 0 Å². The summed E-state index contributed by atoms with van der Waals surface area (Å²) in [4.78, 5) is 11.1. The second-order valence-corrected chi connectivity index (χ2v) is 6.52. The average Bonchev–Trinajstić information content (AvgIpc) is 3.11. The van der Waals surface area contributed by atoms with Gasteiger partial charge in [0.15, 0.2) is 0 Å². The summed E-state index contributed by atoms with van der Waals surface area (Å²) in [6.07, 6.45) is 7.02. The topological polar surface area (TPSA) is 50.3 Å². The van der Waals surface area contributed by atoms with Crippen molar-refractivity contribution in [2.24, 2.45) is 5.92 Å². The molecule has 1 saturated heterocycles. The lowest BCUT2D eigenvalue weighted by Crippen LogP contribution is -2.39. The summed E-state index contributed by atoms with van der Waals surface area (Å²) in [7, 11) is 0. The van der Waals surface area contributed by atoms with Gasteiger partial charge in [0.2, 0.25) is 5.88 Å². The average molecular weight is 290 g/mol. The molecule has 21 heavy (non-hydrogen) atoms. The van der Waals surface area contributed by atoms with E-state index in [1.165, 1.54) is 25.7 Å². The number of nitrogens with one attached hydrogen (secondary N) is 1. The number of rotatable bonds is 7. The Balaban J connectivity index is 1.70. The Morgan fingerprint density at radius 1 is 1.29 bits per heavy atom. The minimum absolute atomic E-state index is 0.140. The molecule has 1 unspecified atom stereocenters. The van der Waals surface area contributed by atoms with E-state index in [4.69, 9.17) is 4.74 Å². The molecule has 2 aliphatic rings. The van der Waals surface area contributed by atoms with Crippen LogP contribution in [0.2, 0.25) is 0 Å². The van der Waals surface area contributed by atoms with Gasteiger partial charge in [0.05, 0.1) is 6.10 Å². The molecule has 116 valence electrons. The van der Waals surface area contributed by atoms with Gasteiger partial charge in [-0.25, -0.2) is 9.97 Å². The molecular formula is C16H26N4O.